The van der Waals surface area contributed by atoms with Gasteiger partial charge < -0.3 is 15.4 Å². The molecule has 14 heteroatoms. The van der Waals surface area contributed by atoms with Crippen molar-refractivity contribution in [2.45, 2.75) is 71.6 Å². The first-order chi connectivity index (χ1) is 21.3. The number of likely N-dealkylation sites (tertiary alicyclic amines) is 1. The fourth-order valence-corrected chi connectivity index (χ4v) is 7.00. The van der Waals surface area contributed by atoms with E-state index in [9.17, 15) is 14.4 Å². The molecule has 240 valence electrons. The molecular weight excluding hydrogens is 609 g/mol. The third kappa shape index (κ3) is 7.93. The van der Waals surface area contributed by atoms with Crippen molar-refractivity contribution < 1.29 is 14.3 Å². The van der Waals surface area contributed by atoms with Gasteiger partial charge in [-0.15, -0.1) is 11.3 Å². The Morgan fingerprint density at radius 1 is 1.16 bits per heavy atom. The number of anilines is 1. The van der Waals surface area contributed by atoms with Crippen LogP contribution in [0.15, 0.2) is 41.6 Å². The van der Waals surface area contributed by atoms with E-state index < -0.39 is 8.07 Å². The summed E-state index contributed by atoms with van der Waals surface area (Å²) in [7, 11) is -1.24. The van der Waals surface area contributed by atoms with E-state index in [1.54, 1.807) is 29.8 Å². The molecule has 2 amide bonds. The second kappa shape index (κ2) is 13.3. The molecule has 0 radical (unpaired) electrons. The van der Waals surface area contributed by atoms with Gasteiger partial charge in [0.25, 0.3) is 17.4 Å². The smallest absolute Gasteiger partial charge is 0.268 e. The second-order valence-corrected chi connectivity index (χ2v) is 19.9. The number of aryl methyl sites for hydroxylation is 1. The number of nitrogens with zero attached hydrogens (tertiary/aromatic N) is 6. The maximum atomic E-state index is 13.4. The number of fused-ring (bicyclic) bond motifs is 1. The first-order valence-electron chi connectivity index (χ1n) is 15.3. The molecule has 4 aromatic rings. The molecule has 4 aromatic heterocycles. The van der Waals surface area contributed by atoms with Crippen molar-refractivity contribution in [2.75, 3.05) is 31.6 Å². The summed E-state index contributed by atoms with van der Waals surface area (Å²) in [6.07, 6.45) is 7.13. The lowest BCUT2D eigenvalue weighted by Gasteiger charge is -2.31. The fraction of sp³-hybridized carbons (Fsp3) is 0.484. The lowest BCUT2D eigenvalue weighted by molar-refractivity contribution is 0.0752. The summed E-state index contributed by atoms with van der Waals surface area (Å²) in [6, 6.07) is 5.77. The molecule has 0 aromatic carbocycles. The van der Waals surface area contributed by atoms with Crippen LogP contribution < -0.4 is 16.2 Å². The minimum absolute atomic E-state index is 0.0778. The lowest BCUT2D eigenvalue weighted by atomic mass is 10.0. The van der Waals surface area contributed by atoms with Gasteiger partial charge in [-0.05, 0) is 58.3 Å². The zero-order valence-electron chi connectivity index (χ0n) is 26.8. The second-order valence-electron chi connectivity index (χ2n) is 13.3. The predicted molar refractivity (Wildman–Crippen MR) is 179 cm³/mol. The zero-order chi connectivity index (χ0) is 32.4. The molecule has 0 atom stereocenters. The fourth-order valence-electron chi connectivity index (χ4n) is 5.22. The van der Waals surface area contributed by atoms with Crippen molar-refractivity contribution in [3.8, 4) is 10.6 Å². The van der Waals surface area contributed by atoms with Crippen LogP contribution in [0.3, 0.4) is 0 Å². The van der Waals surface area contributed by atoms with Gasteiger partial charge in [0.05, 0.1) is 33.6 Å². The largest absolute Gasteiger partial charge is 0.359 e. The highest BCUT2D eigenvalue weighted by Gasteiger charge is 2.31. The topological polar surface area (TPSA) is 136 Å². The van der Waals surface area contributed by atoms with Gasteiger partial charge in [0.15, 0.2) is 0 Å². The summed E-state index contributed by atoms with van der Waals surface area (Å²) in [5, 5.41) is 14.7. The van der Waals surface area contributed by atoms with E-state index in [2.05, 4.69) is 64.2 Å². The van der Waals surface area contributed by atoms with Gasteiger partial charge in [-0.25, -0.2) is 9.20 Å². The molecule has 0 spiro atoms. The molecule has 0 bridgehead atoms. The highest BCUT2D eigenvalue weighted by Crippen LogP contribution is 2.30. The van der Waals surface area contributed by atoms with Crippen molar-refractivity contribution in [3.05, 3.63) is 64.0 Å². The minimum Gasteiger partial charge on any atom is -0.359 e. The molecule has 45 heavy (non-hydrogen) atoms. The number of thiazole rings is 1. The number of ether oxygens (including phenoxy) is 1. The molecular formula is C31H42N8O4SSi. The monoisotopic (exact) mass is 650 g/mol. The van der Waals surface area contributed by atoms with Gasteiger partial charge in [-0.1, -0.05) is 19.6 Å². The summed E-state index contributed by atoms with van der Waals surface area (Å²) in [5.41, 5.74) is 2.27. The van der Waals surface area contributed by atoms with Crippen LogP contribution in [0.2, 0.25) is 25.7 Å². The van der Waals surface area contributed by atoms with Gasteiger partial charge >= 0.3 is 0 Å². The number of amides is 2. The van der Waals surface area contributed by atoms with E-state index in [0.29, 0.717) is 46.2 Å². The maximum absolute atomic E-state index is 13.4. The van der Waals surface area contributed by atoms with Crippen LogP contribution in [0.1, 0.15) is 53.1 Å². The normalized spacial score (nSPS) is 15.1. The number of pyridine rings is 1. The van der Waals surface area contributed by atoms with Crippen molar-refractivity contribution in [2.24, 2.45) is 0 Å². The van der Waals surface area contributed by atoms with Gasteiger partial charge in [-0.3, -0.25) is 24.3 Å². The van der Waals surface area contributed by atoms with Crippen LogP contribution >= 0.6 is 11.3 Å². The van der Waals surface area contributed by atoms with Crippen LogP contribution in [-0.2, 0) is 11.5 Å². The molecule has 1 aliphatic rings. The summed E-state index contributed by atoms with van der Waals surface area (Å²) >= 11 is 1.34. The van der Waals surface area contributed by atoms with E-state index in [4.69, 9.17) is 4.74 Å². The highest BCUT2D eigenvalue weighted by molar-refractivity contribution is 7.21. The third-order valence-electron chi connectivity index (χ3n) is 8.11. The Kier molecular flexibility index (Phi) is 9.67. The Morgan fingerprint density at radius 2 is 1.96 bits per heavy atom. The SMILES string of the molecule is Cc1ncc(C(=O)NCCN2CCCC2(C)C)cc1NC(=O)c1cnn2cc(-c3ccc(=O)n(COCC[Si](C)(C)C)n3)sc12. The van der Waals surface area contributed by atoms with Crippen molar-refractivity contribution >= 4 is 41.7 Å². The summed E-state index contributed by atoms with van der Waals surface area (Å²) in [6.45, 7) is 16.1. The van der Waals surface area contributed by atoms with E-state index in [1.807, 2.05) is 0 Å². The molecule has 0 aliphatic carbocycles. The Bertz CT molecular complexity index is 1760. The van der Waals surface area contributed by atoms with Crippen LogP contribution in [0.4, 0.5) is 5.69 Å². The number of aromatic nitrogens is 5. The number of hydrogen-bond acceptors (Lipinski definition) is 9. The minimum atomic E-state index is -1.24. The third-order valence-corrected chi connectivity index (χ3v) is 10.9. The Balaban J connectivity index is 1.25. The van der Waals surface area contributed by atoms with Gasteiger partial charge in [0, 0.05) is 51.8 Å². The van der Waals surface area contributed by atoms with Crippen molar-refractivity contribution in [1.82, 2.24) is 34.6 Å². The Hall–Kier alpha value is -3.72. The molecule has 1 fully saturated rings. The summed E-state index contributed by atoms with van der Waals surface area (Å²) in [4.78, 5) is 46.8. The number of carbonyl (C=O) groups is 2. The molecule has 1 saturated heterocycles. The quantitative estimate of drug-likeness (QED) is 0.169. The van der Waals surface area contributed by atoms with Crippen molar-refractivity contribution in [1.29, 1.82) is 0 Å². The average molecular weight is 651 g/mol. The lowest BCUT2D eigenvalue weighted by Crippen LogP contribution is -2.43. The van der Waals surface area contributed by atoms with E-state index in [1.165, 1.54) is 40.9 Å². The highest BCUT2D eigenvalue weighted by atomic mass is 32.1. The van der Waals surface area contributed by atoms with Crippen LogP contribution in [0.25, 0.3) is 15.4 Å². The molecule has 2 N–H and O–H groups in total. The first kappa shape index (κ1) is 32.7. The zero-order valence-corrected chi connectivity index (χ0v) is 28.7. The van der Waals surface area contributed by atoms with Gasteiger partial charge in [0.1, 0.15) is 17.3 Å². The van der Waals surface area contributed by atoms with Crippen LogP contribution in [0.5, 0.6) is 0 Å². The van der Waals surface area contributed by atoms with Crippen molar-refractivity contribution in [3.63, 3.8) is 0 Å². The summed E-state index contributed by atoms with van der Waals surface area (Å²) in [5.74, 6) is -0.605. The number of rotatable bonds is 12. The molecule has 0 unspecified atom stereocenters. The number of carbonyl (C=O) groups excluding carboxylic acids is 2. The average Bonchev–Trinajstić information content (AvgIpc) is 3.66. The molecule has 5 rings (SSSR count). The van der Waals surface area contributed by atoms with E-state index in [0.717, 1.165) is 30.4 Å². The van der Waals surface area contributed by atoms with E-state index >= 15 is 0 Å². The molecule has 1 aliphatic heterocycles. The number of hydrogen-bond donors (Lipinski definition) is 2. The molecule has 0 saturated carbocycles. The first-order valence-corrected chi connectivity index (χ1v) is 19.8. The predicted octanol–water partition coefficient (Wildman–Crippen LogP) is 4.49. The maximum Gasteiger partial charge on any atom is 0.268 e. The van der Waals surface area contributed by atoms with Gasteiger partial charge in [-0.2, -0.15) is 10.2 Å². The molecule has 5 heterocycles. The Morgan fingerprint density at radius 3 is 2.69 bits per heavy atom. The number of nitrogens with one attached hydrogen (secondary N) is 2. The summed E-state index contributed by atoms with van der Waals surface area (Å²) < 4.78 is 8.66. The van der Waals surface area contributed by atoms with Crippen LogP contribution in [-0.4, -0.2) is 80.9 Å². The van der Waals surface area contributed by atoms with E-state index in [-0.39, 0.29) is 29.6 Å². The van der Waals surface area contributed by atoms with Gasteiger partial charge in [0.2, 0.25) is 0 Å². The Labute approximate surface area is 267 Å². The molecule has 12 nitrogen and oxygen atoms in total. The standard InChI is InChI=1S/C31H42N8O4SSi/c1-21-25(16-22(17-33-21)28(41)32-11-13-37-12-7-10-31(37,2)3)35-29(42)23-18-34-38-19-26(44-30(23)38)24-8-9-27(40)39(36-24)20-43-14-15-45(4,5)6/h8-9,16-19H,7,10-15,20H2,1-6H3,(H,32,41)(H,35,42). The van der Waals surface area contributed by atoms with Crippen LogP contribution in [0, 0.1) is 6.92 Å².